The van der Waals surface area contributed by atoms with Gasteiger partial charge in [0.25, 0.3) is 5.91 Å². The number of fused-ring (bicyclic) bond motifs is 1. The largest absolute Gasteiger partial charge is 0.494 e. The standard InChI is InChI=1S/C26H26ClN3O2/c1-30(2)15-6-16-32-21-12-10-20(11-13-21)28-25(18-7-4-3-5-8-18)24-22-14-9-19(27)17-23(22)29-26(24)31/h3-5,7-14,17,28H,6,15-16H2,1-2H3,(H,29,31). The van der Waals surface area contributed by atoms with Crippen LogP contribution in [-0.2, 0) is 4.79 Å². The van der Waals surface area contributed by atoms with Gasteiger partial charge < -0.3 is 20.3 Å². The molecule has 5 nitrogen and oxygen atoms in total. The van der Waals surface area contributed by atoms with Gasteiger partial charge in [0.2, 0.25) is 0 Å². The van der Waals surface area contributed by atoms with E-state index in [0.717, 1.165) is 41.2 Å². The third kappa shape index (κ3) is 5.13. The smallest absolute Gasteiger partial charge is 0.258 e. The summed E-state index contributed by atoms with van der Waals surface area (Å²) in [7, 11) is 4.10. The monoisotopic (exact) mass is 447 g/mol. The molecule has 32 heavy (non-hydrogen) atoms. The Morgan fingerprint density at radius 3 is 2.50 bits per heavy atom. The van der Waals surface area contributed by atoms with Crippen LogP contribution in [-0.4, -0.2) is 38.1 Å². The number of amides is 1. The topological polar surface area (TPSA) is 53.6 Å². The molecule has 3 aromatic carbocycles. The number of hydrogen-bond acceptors (Lipinski definition) is 4. The molecule has 0 spiro atoms. The average Bonchev–Trinajstić information content (AvgIpc) is 3.11. The highest BCUT2D eigenvalue weighted by molar-refractivity contribution is 6.38. The second-order valence-electron chi connectivity index (χ2n) is 7.91. The van der Waals surface area contributed by atoms with Gasteiger partial charge in [0.05, 0.1) is 23.6 Å². The number of ether oxygens (including phenoxy) is 1. The van der Waals surface area contributed by atoms with Crippen LogP contribution in [0.15, 0.2) is 72.8 Å². The van der Waals surface area contributed by atoms with E-state index in [1.807, 2.05) is 60.7 Å². The third-order valence-electron chi connectivity index (χ3n) is 5.18. The molecular weight excluding hydrogens is 422 g/mol. The van der Waals surface area contributed by atoms with Crippen LogP contribution < -0.4 is 15.4 Å². The first kappa shape index (κ1) is 21.9. The van der Waals surface area contributed by atoms with E-state index < -0.39 is 0 Å². The molecule has 0 saturated carbocycles. The van der Waals surface area contributed by atoms with Gasteiger partial charge >= 0.3 is 0 Å². The first-order chi connectivity index (χ1) is 15.5. The molecule has 0 fully saturated rings. The van der Waals surface area contributed by atoms with Crippen molar-refractivity contribution in [1.29, 1.82) is 0 Å². The molecule has 0 saturated heterocycles. The molecule has 1 amide bonds. The Kier molecular flexibility index (Phi) is 6.78. The fourth-order valence-corrected chi connectivity index (χ4v) is 3.80. The van der Waals surface area contributed by atoms with E-state index in [1.165, 1.54) is 0 Å². The van der Waals surface area contributed by atoms with Crippen molar-refractivity contribution in [2.75, 3.05) is 37.9 Å². The summed E-state index contributed by atoms with van der Waals surface area (Å²) in [5.74, 6) is 0.663. The number of carbonyl (C=O) groups excluding carboxylic acids is 1. The molecule has 0 atom stereocenters. The predicted molar refractivity (Wildman–Crippen MR) is 132 cm³/mol. The van der Waals surface area contributed by atoms with E-state index in [0.29, 0.717) is 22.9 Å². The molecule has 1 heterocycles. The average molecular weight is 448 g/mol. The zero-order valence-corrected chi connectivity index (χ0v) is 18.9. The molecule has 164 valence electrons. The molecule has 1 aliphatic rings. The van der Waals surface area contributed by atoms with Crippen molar-refractivity contribution < 1.29 is 9.53 Å². The number of carbonyl (C=O) groups is 1. The number of nitrogens with zero attached hydrogens (tertiary/aromatic N) is 1. The summed E-state index contributed by atoms with van der Waals surface area (Å²) in [6, 6.07) is 23.1. The van der Waals surface area contributed by atoms with Crippen molar-refractivity contribution >= 4 is 40.2 Å². The number of halogens is 1. The van der Waals surface area contributed by atoms with Crippen molar-refractivity contribution in [2.24, 2.45) is 0 Å². The van der Waals surface area contributed by atoms with E-state index in [4.69, 9.17) is 16.3 Å². The minimum absolute atomic E-state index is 0.158. The molecule has 0 unspecified atom stereocenters. The Hall–Kier alpha value is -3.28. The molecule has 0 radical (unpaired) electrons. The molecule has 0 bridgehead atoms. The van der Waals surface area contributed by atoms with E-state index in [-0.39, 0.29) is 5.91 Å². The summed E-state index contributed by atoms with van der Waals surface area (Å²) in [5, 5.41) is 6.97. The molecule has 3 aromatic rings. The molecular formula is C26H26ClN3O2. The molecule has 1 aliphatic heterocycles. The molecule has 6 heteroatoms. The zero-order valence-electron chi connectivity index (χ0n) is 18.2. The maximum atomic E-state index is 12.9. The van der Waals surface area contributed by atoms with Crippen molar-refractivity contribution in [3.05, 3.63) is 88.9 Å². The van der Waals surface area contributed by atoms with Crippen molar-refractivity contribution in [2.45, 2.75) is 6.42 Å². The third-order valence-corrected chi connectivity index (χ3v) is 5.42. The summed E-state index contributed by atoms with van der Waals surface area (Å²) >= 11 is 6.12. The normalized spacial score (nSPS) is 14.2. The van der Waals surface area contributed by atoms with Gasteiger partial charge in [-0.1, -0.05) is 48.0 Å². The second-order valence-corrected chi connectivity index (χ2v) is 8.35. The van der Waals surface area contributed by atoms with E-state index in [1.54, 1.807) is 12.1 Å². The van der Waals surface area contributed by atoms with Crippen LogP contribution in [0.3, 0.4) is 0 Å². The van der Waals surface area contributed by atoms with Crippen LogP contribution in [0.2, 0.25) is 5.02 Å². The Balaban J connectivity index is 1.61. The van der Waals surface area contributed by atoms with E-state index in [2.05, 4.69) is 29.6 Å². The second kappa shape index (κ2) is 9.90. The van der Waals surface area contributed by atoms with Gasteiger partial charge in [0.15, 0.2) is 0 Å². The maximum Gasteiger partial charge on any atom is 0.258 e. The van der Waals surface area contributed by atoms with Crippen molar-refractivity contribution in [3.63, 3.8) is 0 Å². The van der Waals surface area contributed by atoms with Gasteiger partial charge in [0.1, 0.15) is 5.75 Å². The maximum absolute atomic E-state index is 12.9. The summed E-state index contributed by atoms with van der Waals surface area (Å²) < 4.78 is 5.83. The Morgan fingerprint density at radius 1 is 1.03 bits per heavy atom. The van der Waals surface area contributed by atoms with Crippen molar-refractivity contribution in [3.8, 4) is 5.75 Å². The lowest BCUT2D eigenvalue weighted by Crippen LogP contribution is -2.15. The number of hydrogen-bond donors (Lipinski definition) is 2. The lowest BCUT2D eigenvalue weighted by Gasteiger charge is -2.15. The van der Waals surface area contributed by atoms with Crippen LogP contribution >= 0.6 is 11.6 Å². The minimum atomic E-state index is -0.158. The van der Waals surface area contributed by atoms with E-state index >= 15 is 0 Å². The Morgan fingerprint density at radius 2 is 1.78 bits per heavy atom. The Bertz CT molecular complexity index is 1130. The molecule has 4 rings (SSSR count). The summed E-state index contributed by atoms with van der Waals surface area (Å²) in [5.41, 5.74) is 4.66. The summed E-state index contributed by atoms with van der Waals surface area (Å²) in [4.78, 5) is 15.1. The fourth-order valence-electron chi connectivity index (χ4n) is 3.63. The highest BCUT2D eigenvalue weighted by Gasteiger charge is 2.28. The van der Waals surface area contributed by atoms with Gasteiger partial charge in [-0.3, -0.25) is 4.79 Å². The van der Waals surface area contributed by atoms with Crippen molar-refractivity contribution in [1.82, 2.24) is 4.90 Å². The quantitative estimate of drug-likeness (QED) is 0.348. The van der Waals surface area contributed by atoms with Crippen LogP contribution in [0.1, 0.15) is 17.5 Å². The minimum Gasteiger partial charge on any atom is -0.494 e. The Labute approximate surface area is 193 Å². The first-order valence-electron chi connectivity index (χ1n) is 10.6. The zero-order chi connectivity index (χ0) is 22.5. The molecule has 2 N–H and O–H groups in total. The van der Waals surface area contributed by atoms with Gasteiger partial charge in [-0.15, -0.1) is 0 Å². The lowest BCUT2D eigenvalue weighted by molar-refractivity contribution is -0.110. The predicted octanol–water partition coefficient (Wildman–Crippen LogP) is 5.60. The number of anilines is 2. The highest BCUT2D eigenvalue weighted by Crippen LogP contribution is 2.38. The number of rotatable bonds is 8. The fraction of sp³-hybridized carbons (Fsp3) is 0.192. The molecule has 0 aromatic heterocycles. The van der Waals surface area contributed by atoms with E-state index in [9.17, 15) is 4.79 Å². The van der Waals surface area contributed by atoms with Crippen LogP contribution in [0.4, 0.5) is 11.4 Å². The van der Waals surface area contributed by atoms with Gasteiger partial charge in [-0.2, -0.15) is 0 Å². The highest BCUT2D eigenvalue weighted by atomic mass is 35.5. The summed E-state index contributed by atoms with van der Waals surface area (Å²) in [6.45, 7) is 1.66. The van der Waals surface area contributed by atoms with Crippen LogP contribution in [0.25, 0.3) is 11.3 Å². The SMILES string of the molecule is CN(C)CCCOc1ccc(NC(=C2C(=O)Nc3cc(Cl)ccc32)c2ccccc2)cc1. The van der Waals surface area contributed by atoms with Gasteiger partial charge in [-0.25, -0.2) is 0 Å². The van der Waals surface area contributed by atoms with Crippen LogP contribution in [0.5, 0.6) is 5.75 Å². The summed E-state index contributed by atoms with van der Waals surface area (Å²) in [6.07, 6.45) is 0.968. The number of benzene rings is 3. The first-order valence-corrected chi connectivity index (χ1v) is 10.9. The van der Waals surface area contributed by atoms with Gasteiger partial charge in [0, 0.05) is 22.8 Å². The van der Waals surface area contributed by atoms with Crippen LogP contribution in [0, 0.1) is 0 Å². The van der Waals surface area contributed by atoms with Gasteiger partial charge in [-0.05, 0) is 62.5 Å². The number of nitrogens with one attached hydrogen (secondary N) is 2. The lowest BCUT2D eigenvalue weighted by atomic mass is 10.00. The molecule has 0 aliphatic carbocycles.